The first kappa shape index (κ1) is 16.8. The maximum atomic E-state index is 2.34. The van der Waals surface area contributed by atoms with Crippen LogP contribution < -0.4 is 0 Å². The molecule has 0 fully saturated rings. The Morgan fingerprint density at radius 3 is 2.27 bits per heavy atom. The molecule has 0 saturated heterocycles. The van der Waals surface area contributed by atoms with Crippen LogP contribution >= 0.6 is 0 Å². The smallest absolute Gasteiger partial charge is 0.00189 e. The van der Waals surface area contributed by atoms with Gasteiger partial charge in [-0.3, -0.25) is 0 Å². The Bertz CT molecular complexity index is 545. The fourth-order valence-corrected chi connectivity index (χ4v) is 3.11. The summed E-state index contributed by atoms with van der Waals surface area (Å²) in [6.07, 6.45) is 4.74. The van der Waals surface area contributed by atoms with Crippen molar-refractivity contribution in [1.82, 2.24) is 4.90 Å². The molecule has 0 aliphatic rings. The Hall–Kier alpha value is -1.60. The van der Waals surface area contributed by atoms with Crippen LogP contribution in [-0.4, -0.2) is 25.5 Å². The molecule has 1 nitrogen and oxygen atoms in total. The van der Waals surface area contributed by atoms with Crippen molar-refractivity contribution in [1.29, 1.82) is 0 Å². The van der Waals surface area contributed by atoms with E-state index in [9.17, 15) is 0 Å². The highest BCUT2D eigenvalue weighted by molar-refractivity contribution is 5.32. The Balaban J connectivity index is 2.23. The van der Waals surface area contributed by atoms with Crippen molar-refractivity contribution in [2.75, 3.05) is 20.6 Å². The molecule has 0 saturated carbocycles. The zero-order chi connectivity index (χ0) is 15.8. The molecular formula is C21H29N. The molecule has 2 rings (SSSR count). The summed E-state index contributed by atoms with van der Waals surface area (Å²) in [5, 5.41) is 0. The number of rotatable bonds is 8. The van der Waals surface area contributed by atoms with E-state index in [1.165, 1.54) is 30.4 Å². The van der Waals surface area contributed by atoms with Crippen molar-refractivity contribution in [2.24, 2.45) is 0 Å². The highest BCUT2D eigenvalue weighted by Crippen LogP contribution is 2.28. The number of aryl methyl sites for hydroxylation is 1. The highest BCUT2D eigenvalue weighted by Gasteiger charge is 2.15. The fourth-order valence-electron chi connectivity index (χ4n) is 3.11. The summed E-state index contributed by atoms with van der Waals surface area (Å²) in [7, 11) is 4.33. The molecule has 0 aliphatic heterocycles. The first-order chi connectivity index (χ1) is 10.7. The van der Waals surface area contributed by atoms with Crippen molar-refractivity contribution in [3.05, 3.63) is 71.3 Å². The van der Waals surface area contributed by atoms with Gasteiger partial charge in [0.05, 0.1) is 0 Å². The van der Waals surface area contributed by atoms with Crippen LogP contribution in [0.25, 0.3) is 0 Å². The number of nitrogens with zero attached hydrogens (tertiary/aromatic N) is 1. The average Bonchev–Trinajstić information content (AvgIpc) is 2.53. The largest absolute Gasteiger partial charge is 0.309 e. The molecule has 0 radical (unpaired) electrons. The SMILES string of the molecule is CCCc1ccccc1C(CCN(C)C)Cc1ccccc1. The minimum Gasteiger partial charge on any atom is -0.309 e. The van der Waals surface area contributed by atoms with Gasteiger partial charge in [-0.15, -0.1) is 0 Å². The van der Waals surface area contributed by atoms with E-state index in [-0.39, 0.29) is 0 Å². The van der Waals surface area contributed by atoms with E-state index in [0.29, 0.717) is 5.92 Å². The van der Waals surface area contributed by atoms with E-state index >= 15 is 0 Å². The monoisotopic (exact) mass is 295 g/mol. The summed E-state index contributed by atoms with van der Waals surface area (Å²) >= 11 is 0. The first-order valence-electron chi connectivity index (χ1n) is 8.47. The van der Waals surface area contributed by atoms with Gasteiger partial charge >= 0.3 is 0 Å². The van der Waals surface area contributed by atoms with Crippen LogP contribution in [0.1, 0.15) is 42.4 Å². The van der Waals surface area contributed by atoms with E-state index in [2.05, 4.69) is 80.5 Å². The quantitative estimate of drug-likeness (QED) is 0.668. The van der Waals surface area contributed by atoms with Crippen LogP contribution in [0.4, 0.5) is 0 Å². The van der Waals surface area contributed by atoms with Gasteiger partial charge < -0.3 is 4.90 Å². The molecule has 1 heteroatoms. The lowest BCUT2D eigenvalue weighted by Gasteiger charge is -2.22. The van der Waals surface area contributed by atoms with Crippen LogP contribution in [0.3, 0.4) is 0 Å². The summed E-state index contributed by atoms with van der Waals surface area (Å²) in [5.74, 6) is 0.604. The standard InChI is InChI=1S/C21H29N/c1-4-10-19-13-8-9-14-21(19)20(15-16-22(2)3)17-18-11-6-5-7-12-18/h5-9,11-14,20H,4,10,15-17H2,1-3H3. The Labute approximate surface area is 136 Å². The van der Waals surface area contributed by atoms with E-state index in [4.69, 9.17) is 0 Å². The van der Waals surface area contributed by atoms with E-state index in [1.807, 2.05) is 0 Å². The summed E-state index contributed by atoms with van der Waals surface area (Å²) in [4.78, 5) is 2.29. The van der Waals surface area contributed by atoms with Crippen molar-refractivity contribution in [2.45, 2.75) is 38.5 Å². The van der Waals surface area contributed by atoms with Crippen molar-refractivity contribution in [3.63, 3.8) is 0 Å². The molecule has 1 atom stereocenters. The van der Waals surface area contributed by atoms with Gasteiger partial charge in [-0.1, -0.05) is 67.9 Å². The van der Waals surface area contributed by atoms with Crippen LogP contribution in [0.5, 0.6) is 0 Å². The van der Waals surface area contributed by atoms with Crippen molar-refractivity contribution in [3.8, 4) is 0 Å². The molecule has 2 aromatic rings. The third-order valence-corrected chi connectivity index (χ3v) is 4.26. The highest BCUT2D eigenvalue weighted by atomic mass is 15.0. The topological polar surface area (TPSA) is 3.24 Å². The number of hydrogen-bond donors (Lipinski definition) is 0. The number of benzene rings is 2. The lowest BCUT2D eigenvalue weighted by molar-refractivity contribution is 0.379. The van der Waals surface area contributed by atoms with Gasteiger partial charge in [0.1, 0.15) is 0 Å². The molecule has 1 unspecified atom stereocenters. The zero-order valence-corrected chi connectivity index (χ0v) is 14.3. The predicted octanol–water partition coefficient (Wildman–Crippen LogP) is 4.92. The second-order valence-electron chi connectivity index (χ2n) is 6.43. The second-order valence-corrected chi connectivity index (χ2v) is 6.43. The van der Waals surface area contributed by atoms with Gasteiger partial charge in [-0.25, -0.2) is 0 Å². The van der Waals surface area contributed by atoms with Gasteiger partial charge in [-0.2, -0.15) is 0 Å². The maximum Gasteiger partial charge on any atom is -0.00189 e. The van der Waals surface area contributed by atoms with Gasteiger partial charge in [0.2, 0.25) is 0 Å². The van der Waals surface area contributed by atoms with Gasteiger partial charge in [-0.05, 0) is 62.5 Å². The predicted molar refractivity (Wildman–Crippen MR) is 96.5 cm³/mol. The Morgan fingerprint density at radius 2 is 1.59 bits per heavy atom. The van der Waals surface area contributed by atoms with Crippen LogP contribution in [-0.2, 0) is 12.8 Å². The molecule has 22 heavy (non-hydrogen) atoms. The van der Waals surface area contributed by atoms with Crippen molar-refractivity contribution < 1.29 is 0 Å². The average molecular weight is 295 g/mol. The third kappa shape index (κ3) is 4.99. The zero-order valence-electron chi connectivity index (χ0n) is 14.3. The second kappa shape index (κ2) is 8.75. The Kier molecular flexibility index (Phi) is 6.67. The first-order valence-corrected chi connectivity index (χ1v) is 8.47. The lowest BCUT2D eigenvalue weighted by atomic mass is 9.85. The minimum absolute atomic E-state index is 0.604. The van der Waals surface area contributed by atoms with Crippen LogP contribution in [0, 0.1) is 0 Å². The third-order valence-electron chi connectivity index (χ3n) is 4.26. The molecule has 2 aromatic carbocycles. The molecule has 118 valence electrons. The molecule has 0 spiro atoms. The molecule has 0 aliphatic carbocycles. The normalized spacial score (nSPS) is 12.5. The maximum absolute atomic E-state index is 2.34. The van der Waals surface area contributed by atoms with E-state index in [0.717, 1.165) is 13.0 Å². The summed E-state index contributed by atoms with van der Waals surface area (Å²) in [6.45, 7) is 3.40. The van der Waals surface area contributed by atoms with E-state index < -0.39 is 0 Å². The fraction of sp³-hybridized carbons (Fsp3) is 0.429. The molecule has 0 amide bonds. The molecular weight excluding hydrogens is 266 g/mol. The Morgan fingerprint density at radius 1 is 0.909 bits per heavy atom. The molecule has 0 bridgehead atoms. The summed E-state index contributed by atoms with van der Waals surface area (Å²) in [6, 6.07) is 19.9. The summed E-state index contributed by atoms with van der Waals surface area (Å²) in [5.41, 5.74) is 4.53. The van der Waals surface area contributed by atoms with Crippen molar-refractivity contribution >= 4 is 0 Å². The number of hydrogen-bond acceptors (Lipinski definition) is 1. The van der Waals surface area contributed by atoms with Gasteiger partial charge in [0.25, 0.3) is 0 Å². The van der Waals surface area contributed by atoms with Gasteiger partial charge in [0.15, 0.2) is 0 Å². The molecule has 0 N–H and O–H groups in total. The lowest BCUT2D eigenvalue weighted by Crippen LogP contribution is -2.18. The van der Waals surface area contributed by atoms with Crippen LogP contribution in [0.15, 0.2) is 54.6 Å². The van der Waals surface area contributed by atoms with E-state index in [1.54, 1.807) is 5.56 Å². The van der Waals surface area contributed by atoms with Gasteiger partial charge in [0, 0.05) is 0 Å². The van der Waals surface area contributed by atoms with Crippen LogP contribution in [0.2, 0.25) is 0 Å². The minimum atomic E-state index is 0.604. The molecule has 0 aromatic heterocycles. The molecule has 0 heterocycles. The summed E-state index contributed by atoms with van der Waals surface area (Å²) < 4.78 is 0.